The first-order valence-electron chi connectivity index (χ1n) is 3.48. The Hall–Kier alpha value is -1.12. The van der Waals surface area contributed by atoms with Crippen molar-refractivity contribution < 1.29 is 0 Å². The highest BCUT2D eigenvalue weighted by Gasteiger charge is 2.20. The number of hydrogen-bond acceptors (Lipinski definition) is 3. The molecule has 1 aromatic rings. The Bertz CT molecular complexity index is 205. The minimum absolute atomic E-state index is 0.664. The number of rotatable bonds is 2. The topological polar surface area (TPSA) is 37.8 Å². The van der Waals surface area contributed by atoms with E-state index in [0.29, 0.717) is 6.04 Å². The van der Waals surface area contributed by atoms with Gasteiger partial charge in [-0.2, -0.15) is 0 Å². The van der Waals surface area contributed by atoms with Gasteiger partial charge in [0.15, 0.2) is 0 Å². The Morgan fingerprint density at radius 3 is 2.90 bits per heavy atom. The Kier molecular flexibility index (Phi) is 1.27. The van der Waals surface area contributed by atoms with Crippen LogP contribution >= 0.6 is 0 Å². The van der Waals surface area contributed by atoms with Gasteiger partial charge in [-0.05, 0) is 12.8 Å². The first-order valence-corrected chi connectivity index (χ1v) is 3.48. The van der Waals surface area contributed by atoms with Crippen LogP contribution in [0.2, 0.25) is 0 Å². The average molecular weight is 135 g/mol. The molecule has 0 bridgehead atoms. The molecule has 1 N–H and O–H groups in total. The first kappa shape index (κ1) is 5.65. The van der Waals surface area contributed by atoms with Gasteiger partial charge < -0.3 is 5.32 Å². The molecule has 1 fully saturated rings. The molecule has 1 aromatic heterocycles. The van der Waals surface area contributed by atoms with Crippen LogP contribution in [0.1, 0.15) is 12.8 Å². The largest absolute Gasteiger partial charge is 0.366 e. The van der Waals surface area contributed by atoms with Gasteiger partial charge in [-0.25, -0.2) is 4.98 Å². The van der Waals surface area contributed by atoms with Gasteiger partial charge in [0.25, 0.3) is 0 Å². The molecule has 10 heavy (non-hydrogen) atoms. The third-order valence-corrected chi connectivity index (χ3v) is 1.49. The standard InChI is InChI=1S/C7H9N3/c1-2-6(1)10-7-5-8-3-4-9-7/h3-6H,1-2H2,(H,9,10). The fraction of sp³-hybridized carbons (Fsp3) is 0.429. The van der Waals surface area contributed by atoms with Gasteiger partial charge in [-0.1, -0.05) is 0 Å². The van der Waals surface area contributed by atoms with E-state index in [2.05, 4.69) is 15.3 Å². The van der Waals surface area contributed by atoms with Gasteiger partial charge in [0.05, 0.1) is 6.20 Å². The molecule has 0 radical (unpaired) electrons. The average Bonchev–Trinajstić information content (AvgIpc) is 2.74. The highest BCUT2D eigenvalue weighted by Crippen LogP contribution is 2.22. The summed E-state index contributed by atoms with van der Waals surface area (Å²) in [5, 5.41) is 3.24. The number of aromatic nitrogens is 2. The molecule has 3 heteroatoms. The SMILES string of the molecule is c1cnc(NC2CC2)cn1. The predicted octanol–water partition coefficient (Wildman–Crippen LogP) is 1.05. The van der Waals surface area contributed by atoms with Crippen LogP contribution in [0.5, 0.6) is 0 Å². The second kappa shape index (κ2) is 2.25. The summed E-state index contributed by atoms with van der Waals surface area (Å²) in [6.45, 7) is 0. The normalized spacial score (nSPS) is 16.8. The smallest absolute Gasteiger partial charge is 0.144 e. The van der Waals surface area contributed by atoms with Crippen LogP contribution in [0.15, 0.2) is 18.6 Å². The van der Waals surface area contributed by atoms with Crippen LogP contribution < -0.4 is 5.32 Å². The van der Waals surface area contributed by atoms with Crippen molar-refractivity contribution in [2.75, 3.05) is 5.32 Å². The van der Waals surface area contributed by atoms with Crippen LogP contribution in [0, 0.1) is 0 Å². The van der Waals surface area contributed by atoms with Crippen molar-refractivity contribution in [3.63, 3.8) is 0 Å². The highest BCUT2D eigenvalue weighted by molar-refractivity contribution is 5.33. The third-order valence-electron chi connectivity index (χ3n) is 1.49. The number of nitrogens with zero attached hydrogens (tertiary/aromatic N) is 2. The minimum atomic E-state index is 0.664. The van der Waals surface area contributed by atoms with Crippen LogP contribution in [-0.2, 0) is 0 Å². The number of anilines is 1. The van der Waals surface area contributed by atoms with E-state index in [-0.39, 0.29) is 0 Å². The molecule has 1 aliphatic carbocycles. The second-order valence-electron chi connectivity index (χ2n) is 2.51. The summed E-state index contributed by atoms with van der Waals surface area (Å²) in [6.07, 6.45) is 7.67. The summed E-state index contributed by atoms with van der Waals surface area (Å²) in [5.41, 5.74) is 0. The molecular weight excluding hydrogens is 126 g/mol. The van der Waals surface area contributed by atoms with Gasteiger partial charge in [0, 0.05) is 18.4 Å². The maximum atomic E-state index is 4.09. The molecule has 0 unspecified atom stereocenters. The van der Waals surface area contributed by atoms with Gasteiger partial charge in [0.1, 0.15) is 5.82 Å². The zero-order valence-electron chi connectivity index (χ0n) is 5.62. The van der Waals surface area contributed by atoms with Crippen molar-refractivity contribution in [1.29, 1.82) is 0 Å². The lowest BCUT2D eigenvalue weighted by molar-refractivity contribution is 1.09. The molecule has 0 spiro atoms. The summed E-state index contributed by atoms with van der Waals surface area (Å²) >= 11 is 0. The molecule has 3 nitrogen and oxygen atoms in total. The maximum Gasteiger partial charge on any atom is 0.144 e. The Labute approximate surface area is 59.5 Å². The number of hydrogen-bond donors (Lipinski definition) is 1. The van der Waals surface area contributed by atoms with Crippen LogP contribution in [0.25, 0.3) is 0 Å². The second-order valence-corrected chi connectivity index (χ2v) is 2.51. The van der Waals surface area contributed by atoms with Gasteiger partial charge in [-0.15, -0.1) is 0 Å². The lowest BCUT2D eigenvalue weighted by Crippen LogP contribution is -2.02. The molecule has 1 aliphatic rings. The zero-order chi connectivity index (χ0) is 6.81. The molecule has 1 heterocycles. The van der Waals surface area contributed by atoms with E-state index < -0.39 is 0 Å². The summed E-state index contributed by atoms with van der Waals surface area (Å²) < 4.78 is 0. The fourth-order valence-electron chi connectivity index (χ4n) is 0.810. The van der Waals surface area contributed by atoms with E-state index in [9.17, 15) is 0 Å². The van der Waals surface area contributed by atoms with Gasteiger partial charge in [0.2, 0.25) is 0 Å². The number of nitrogens with one attached hydrogen (secondary N) is 1. The molecule has 0 aliphatic heterocycles. The summed E-state index contributed by atoms with van der Waals surface area (Å²) in [5.74, 6) is 0.894. The minimum Gasteiger partial charge on any atom is -0.366 e. The van der Waals surface area contributed by atoms with E-state index in [1.54, 1.807) is 18.6 Å². The predicted molar refractivity (Wildman–Crippen MR) is 38.7 cm³/mol. The third kappa shape index (κ3) is 1.23. The van der Waals surface area contributed by atoms with E-state index in [1.165, 1.54) is 12.8 Å². The molecule has 52 valence electrons. The molecule has 0 aromatic carbocycles. The summed E-state index contributed by atoms with van der Waals surface area (Å²) in [6, 6.07) is 0.664. The lowest BCUT2D eigenvalue weighted by atomic mass is 10.6. The Morgan fingerprint density at radius 1 is 1.40 bits per heavy atom. The van der Waals surface area contributed by atoms with E-state index in [0.717, 1.165) is 5.82 Å². The van der Waals surface area contributed by atoms with E-state index in [4.69, 9.17) is 0 Å². The highest BCUT2D eigenvalue weighted by atomic mass is 15.0. The van der Waals surface area contributed by atoms with Crippen molar-refractivity contribution in [1.82, 2.24) is 9.97 Å². The Morgan fingerprint density at radius 2 is 2.30 bits per heavy atom. The van der Waals surface area contributed by atoms with Crippen molar-refractivity contribution in [2.24, 2.45) is 0 Å². The molecular formula is C7H9N3. The van der Waals surface area contributed by atoms with Crippen LogP contribution in [-0.4, -0.2) is 16.0 Å². The van der Waals surface area contributed by atoms with Crippen molar-refractivity contribution in [3.8, 4) is 0 Å². The lowest BCUT2D eigenvalue weighted by Gasteiger charge is -1.99. The van der Waals surface area contributed by atoms with Gasteiger partial charge >= 0.3 is 0 Å². The molecule has 0 amide bonds. The first-order chi connectivity index (χ1) is 4.95. The van der Waals surface area contributed by atoms with Crippen LogP contribution in [0.4, 0.5) is 5.82 Å². The maximum absolute atomic E-state index is 4.09. The van der Waals surface area contributed by atoms with E-state index >= 15 is 0 Å². The Balaban J connectivity index is 2.03. The summed E-state index contributed by atoms with van der Waals surface area (Å²) in [4.78, 5) is 8.03. The van der Waals surface area contributed by atoms with Crippen molar-refractivity contribution in [2.45, 2.75) is 18.9 Å². The quantitative estimate of drug-likeness (QED) is 0.658. The fourth-order valence-corrected chi connectivity index (χ4v) is 0.810. The van der Waals surface area contributed by atoms with Gasteiger partial charge in [-0.3, -0.25) is 4.98 Å². The molecule has 0 saturated heterocycles. The zero-order valence-corrected chi connectivity index (χ0v) is 5.62. The van der Waals surface area contributed by atoms with Crippen LogP contribution in [0.3, 0.4) is 0 Å². The molecule has 1 saturated carbocycles. The summed E-state index contributed by atoms with van der Waals surface area (Å²) in [7, 11) is 0. The van der Waals surface area contributed by atoms with Crippen molar-refractivity contribution in [3.05, 3.63) is 18.6 Å². The monoisotopic (exact) mass is 135 g/mol. The molecule has 2 rings (SSSR count). The molecule has 0 atom stereocenters. The van der Waals surface area contributed by atoms with E-state index in [1.807, 2.05) is 0 Å². The van der Waals surface area contributed by atoms with Crippen molar-refractivity contribution >= 4 is 5.82 Å².